The van der Waals surface area contributed by atoms with Gasteiger partial charge in [-0.1, -0.05) is 0 Å². The Morgan fingerprint density at radius 2 is 0.220 bits per heavy atom. The fraction of sp³-hybridized carbons (Fsp3) is 0. The minimum atomic E-state index is -6.17. The van der Waals surface area contributed by atoms with Gasteiger partial charge in [-0.3, -0.25) is 0 Å². The predicted octanol–water partition coefficient (Wildman–Crippen LogP) is 0.290. The van der Waals surface area contributed by atoms with Gasteiger partial charge >= 0.3 is 257 Å². The molecule has 0 bridgehead atoms. The Morgan fingerprint density at radius 3 is 0.220 bits per heavy atom. The van der Waals surface area contributed by atoms with Crippen molar-refractivity contribution in [3.8, 4) is 89.4 Å². The Hall–Kier alpha value is -6.30. The summed E-state index contributed by atoms with van der Waals surface area (Å²) in [6.07, 6.45) is 0. The normalized spacial score (nSPS) is 12.7. The fourth-order valence-corrected chi connectivity index (χ4v) is 3.28. The van der Waals surface area contributed by atoms with Crippen molar-refractivity contribution in [2.75, 3.05) is 0 Å². The number of rotatable bonds is 0. The second-order valence-electron chi connectivity index (χ2n) is 5.40. The third-order valence-electron chi connectivity index (χ3n) is 3.56. The van der Waals surface area contributed by atoms with E-state index in [2.05, 4.69) is 0 Å². The van der Waals surface area contributed by atoms with Gasteiger partial charge in [-0.15, -0.1) is 0 Å². The van der Waals surface area contributed by atoms with Gasteiger partial charge in [-0.25, -0.2) is 0 Å². The molecule has 41 heavy (non-hydrogen) atoms. The molecule has 0 unspecified atom stereocenters. The Labute approximate surface area is 255 Å². The van der Waals surface area contributed by atoms with Crippen molar-refractivity contribution in [3.63, 3.8) is 0 Å². The SMILES string of the molecule is N#[C][Fe-2]([C]#N)([C]#N)([C]#N)([C]#N)[C]#N.N#[C][Fe-2]([C]#N)([C]#N)([C]#N)([C]#N)[C]#N.N#[C][Fe-2]([C]#N)([C]#N)([C]#N)([C]#N)[C]#N.[Re+3].[Re+3]. The number of nitriles is 18. The summed E-state index contributed by atoms with van der Waals surface area (Å²) in [5, 5.41) is 154. The molecule has 0 aromatic rings. The number of hydrogen-bond acceptors (Lipinski definition) is 18. The van der Waals surface area contributed by atoms with Gasteiger partial charge in [-0.05, 0) is 0 Å². The Balaban J connectivity index is -0.000000154. The molecule has 0 aliphatic heterocycles. The van der Waals surface area contributed by atoms with Crippen molar-refractivity contribution < 1.29 is 73.0 Å². The molecule has 18 nitrogen and oxygen atoms in total. The summed E-state index contributed by atoms with van der Waals surface area (Å²) >= 11 is 0. The molecule has 0 saturated carbocycles. The van der Waals surface area contributed by atoms with Crippen LogP contribution in [0.4, 0.5) is 0 Å². The molecule has 0 aliphatic rings. The average Bonchev–Trinajstić information content (AvgIpc) is 3.06. The van der Waals surface area contributed by atoms with Gasteiger partial charge < -0.3 is 0 Å². The van der Waals surface area contributed by atoms with E-state index < -0.39 is 32.2 Å². The first-order valence-corrected chi connectivity index (χ1v) is 17.1. The maximum atomic E-state index is 8.58. The van der Waals surface area contributed by atoms with Gasteiger partial charge in [0.1, 0.15) is 0 Å². The van der Waals surface area contributed by atoms with Crippen LogP contribution in [0.1, 0.15) is 0 Å². The molecule has 0 N–H and O–H groups in total. The monoisotopic (exact) mass is 1010 g/mol. The van der Waals surface area contributed by atoms with Crippen molar-refractivity contribution >= 4 is 0 Å². The molecule has 0 spiro atoms. The minimum Gasteiger partial charge on any atom is 3.00 e. The van der Waals surface area contributed by atoms with Gasteiger partial charge in [-0.2, -0.15) is 0 Å². The molecule has 0 saturated heterocycles. The summed E-state index contributed by atoms with van der Waals surface area (Å²) < 4.78 is 0. The standard InChI is InChI=1S/18CN.3Fe.2Re/c18*1-2;;;;;/q;;;;;;;;;;;;;;;;;;3*-2;2*+3. The second kappa shape index (κ2) is 11.2. The number of hydrogen-bond donors (Lipinski definition) is 0. The largest absolute Gasteiger partial charge is 3.00 e. The van der Waals surface area contributed by atoms with E-state index >= 15 is 0 Å². The van der Waals surface area contributed by atoms with Crippen LogP contribution in [0.5, 0.6) is 0 Å². The Morgan fingerprint density at radius 1 is 0.171 bits per heavy atom. The summed E-state index contributed by atoms with van der Waals surface area (Å²) in [6, 6.07) is 0. The summed E-state index contributed by atoms with van der Waals surface area (Å²) in [7, 11) is -18.5. The van der Waals surface area contributed by atoms with Crippen LogP contribution >= 0.6 is 0 Å². The fourth-order valence-electron chi connectivity index (χ4n) is 0.795. The summed E-state index contributed by atoms with van der Waals surface area (Å²) in [5.41, 5.74) is 0. The summed E-state index contributed by atoms with van der Waals surface area (Å²) in [4.78, 5) is 18.6. The third-order valence-corrected chi connectivity index (χ3v) is 14.7. The van der Waals surface area contributed by atoms with E-state index in [1.807, 2.05) is 0 Å². The molecule has 0 aromatic heterocycles. The van der Waals surface area contributed by atoms with E-state index in [0.717, 1.165) is 89.4 Å². The summed E-state index contributed by atoms with van der Waals surface area (Å²) in [6.45, 7) is 0. The van der Waals surface area contributed by atoms with Gasteiger partial charge in [0, 0.05) is 0 Å². The maximum absolute atomic E-state index is 8.58. The molecule has 0 fully saturated rings. The van der Waals surface area contributed by atoms with E-state index in [-0.39, 0.29) is 40.8 Å². The van der Waals surface area contributed by atoms with Crippen LogP contribution in [-0.4, -0.2) is 0 Å². The molecule has 0 atom stereocenters. The van der Waals surface area contributed by atoms with Crippen molar-refractivity contribution in [3.05, 3.63) is 0 Å². The molecule has 0 radical (unpaired) electrons. The Bertz CT molecular complexity index is 1410. The van der Waals surface area contributed by atoms with Crippen molar-refractivity contribution in [1.29, 1.82) is 94.7 Å². The van der Waals surface area contributed by atoms with E-state index in [9.17, 15) is 0 Å². The Kier molecular flexibility index (Phi) is 12.2. The van der Waals surface area contributed by atoms with Crippen LogP contribution in [0.25, 0.3) is 0 Å². The van der Waals surface area contributed by atoms with Crippen molar-refractivity contribution in [2.24, 2.45) is 0 Å². The molecule has 23 heteroatoms. The smallest absolute Gasteiger partial charge is 3.00 e. The van der Waals surface area contributed by atoms with Crippen LogP contribution in [-0.2, 0) is 73.0 Å². The van der Waals surface area contributed by atoms with E-state index in [4.69, 9.17) is 94.7 Å². The quantitative estimate of drug-likeness (QED) is 0.294. The van der Waals surface area contributed by atoms with Crippen LogP contribution < -0.4 is 0 Å². The zero-order chi connectivity index (χ0) is 32.0. The van der Waals surface area contributed by atoms with Gasteiger partial charge in [0.2, 0.25) is 0 Å². The molecular formula is C18Fe3N18Re2. The number of nitrogens with zero attached hydrogens (tertiary/aromatic N) is 18. The van der Waals surface area contributed by atoms with Crippen molar-refractivity contribution in [2.45, 2.75) is 0 Å². The molecule has 0 heterocycles. The molecular weight excluding hydrogens is 1010 g/mol. The first-order valence-electron chi connectivity index (χ1n) is 7.21. The third kappa shape index (κ3) is 4.83. The van der Waals surface area contributed by atoms with Gasteiger partial charge in [0.25, 0.3) is 0 Å². The van der Waals surface area contributed by atoms with Crippen LogP contribution in [0.2, 0.25) is 0 Å². The van der Waals surface area contributed by atoms with Gasteiger partial charge in [0.05, 0.1) is 0 Å². The topological polar surface area (TPSA) is 428 Å². The molecule has 0 aromatic carbocycles. The first kappa shape index (κ1) is 44.7. The maximum Gasteiger partial charge on any atom is 3.00 e. The molecule has 0 rings (SSSR count). The van der Waals surface area contributed by atoms with Crippen molar-refractivity contribution in [1.82, 2.24) is 0 Å². The van der Waals surface area contributed by atoms with Crippen LogP contribution in [0.3, 0.4) is 0 Å². The van der Waals surface area contributed by atoms with Gasteiger partial charge in [0.15, 0.2) is 0 Å². The predicted molar refractivity (Wildman–Crippen MR) is 101 cm³/mol. The summed E-state index contributed by atoms with van der Waals surface area (Å²) in [5.74, 6) is 0. The van der Waals surface area contributed by atoms with E-state index in [1.165, 1.54) is 0 Å². The molecule has 0 amide bonds. The van der Waals surface area contributed by atoms with E-state index in [1.54, 1.807) is 0 Å². The minimum absolute atomic E-state index is 0. The second-order valence-corrected chi connectivity index (χ2v) is 22.3. The average molecular weight is 1010 g/mol. The van der Waals surface area contributed by atoms with Crippen LogP contribution in [0, 0.1) is 184 Å². The molecule has 200 valence electrons. The zero-order valence-electron chi connectivity index (χ0n) is 18.9. The zero-order valence-corrected chi connectivity index (χ0v) is 27.6. The molecule has 0 aliphatic carbocycles. The van der Waals surface area contributed by atoms with E-state index in [0.29, 0.717) is 0 Å². The van der Waals surface area contributed by atoms with Crippen LogP contribution in [0.15, 0.2) is 0 Å². The first-order chi connectivity index (χ1) is 17.9.